The molecule has 0 aromatic rings. The van der Waals surface area contributed by atoms with Gasteiger partial charge in [-0.1, -0.05) is 0 Å². The molecule has 5 nitrogen and oxygen atoms in total. The molecule has 0 aliphatic heterocycles. The van der Waals surface area contributed by atoms with Crippen molar-refractivity contribution >= 4 is 5.97 Å². The zero-order chi connectivity index (χ0) is 14.0. The van der Waals surface area contributed by atoms with E-state index in [2.05, 4.69) is 0 Å². The maximum Gasteiger partial charge on any atom is 0.326 e. The van der Waals surface area contributed by atoms with Crippen LogP contribution in [0.3, 0.4) is 0 Å². The molecule has 0 aromatic carbocycles. The molecular weight excluding hydrogens is 230 g/mol. The van der Waals surface area contributed by atoms with Gasteiger partial charge >= 0.3 is 5.97 Å². The highest BCUT2D eigenvalue weighted by atomic mass is 16.5. The predicted octanol–water partition coefficient (Wildman–Crippen LogP) is 2.30. The molecule has 0 bridgehead atoms. The second-order valence-electron chi connectivity index (χ2n) is 4.16. The Hall–Kier alpha value is -2.06. The molecule has 0 aromatic heterocycles. The molecule has 0 saturated carbocycles. The summed E-state index contributed by atoms with van der Waals surface area (Å²) < 4.78 is 4.92. The van der Waals surface area contributed by atoms with Gasteiger partial charge in [0.1, 0.15) is 0 Å². The van der Waals surface area contributed by atoms with E-state index in [0.29, 0.717) is 6.42 Å². The second-order valence-corrected chi connectivity index (χ2v) is 4.16. The molecule has 18 heavy (non-hydrogen) atoms. The minimum Gasteiger partial charge on any atom is -0.465 e. The lowest BCUT2D eigenvalue weighted by Gasteiger charge is -2.24. The van der Waals surface area contributed by atoms with E-state index in [4.69, 9.17) is 15.3 Å². The van der Waals surface area contributed by atoms with Crippen molar-refractivity contribution in [3.05, 3.63) is 0 Å². The van der Waals surface area contributed by atoms with E-state index in [1.807, 2.05) is 18.2 Å². The Morgan fingerprint density at radius 1 is 1.39 bits per heavy atom. The van der Waals surface area contributed by atoms with Crippen LogP contribution in [0.25, 0.3) is 0 Å². The summed E-state index contributed by atoms with van der Waals surface area (Å²) in [5.74, 6) is -0.997. The second kappa shape index (κ2) is 8.09. The van der Waals surface area contributed by atoms with Crippen molar-refractivity contribution < 1.29 is 9.53 Å². The first kappa shape index (κ1) is 15.9. The summed E-state index contributed by atoms with van der Waals surface area (Å²) in [5.41, 5.74) is -1.30. The fourth-order valence-corrected chi connectivity index (χ4v) is 1.74. The summed E-state index contributed by atoms with van der Waals surface area (Å²) >= 11 is 0. The van der Waals surface area contributed by atoms with Crippen molar-refractivity contribution in [2.75, 3.05) is 6.61 Å². The van der Waals surface area contributed by atoms with Crippen molar-refractivity contribution in [3.8, 4) is 18.2 Å². The van der Waals surface area contributed by atoms with Gasteiger partial charge in [0.2, 0.25) is 0 Å². The number of nitrogens with zero attached hydrogens (tertiary/aromatic N) is 3. The van der Waals surface area contributed by atoms with Gasteiger partial charge in [0, 0.05) is 12.3 Å². The van der Waals surface area contributed by atoms with E-state index < -0.39 is 17.3 Å². The van der Waals surface area contributed by atoms with Gasteiger partial charge in [-0.15, -0.1) is 0 Å². The average Bonchev–Trinajstić information content (AvgIpc) is 2.37. The van der Waals surface area contributed by atoms with E-state index in [1.165, 1.54) is 0 Å². The van der Waals surface area contributed by atoms with Crippen molar-refractivity contribution in [3.63, 3.8) is 0 Å². The Bertz CT molecular complexity index is 400. The maximum absolute atomic E-state index is 11.9. The number of hydrogen-bond donors (Lipinski definition) is 0. The molecule has 0 N–H and O–H groups in total. The van der Waals surface area contributed by atoms with Crippen LogP contribution in [-0.2, 0) is 9.53 Å². The molecule has 0 saturated heterocycles. The predicted molar refractivity (Wildman–Crippen MR) is 63.5 cm³/mol. The fourth-order valence-electron chi connectivity index (χ4n) is 1.74. The number of ether oxygens (including phenoxy) is 1. The minimum absolute atomic E-state index is 0.143. The van der Waals surface area contributed by atoms with Crippen molar-refractivity contribution in [2.45, 2.75) is 39.5 Å². The molecule has 2 atom stereocenters. The molecule has 0 radical (unpaired) electrons. The normalized spacial score (nSPS) is 14.4. The van der Waals surface area contributed by atoms with Gasteiger partial charge < -0.3 is 4.74 Å². The van der Waals surface area contributed by atoms with Crippen molar-refractivity contribution in [1.82, 2.24) is 0 Å². The summed E-state index contributed by atoms with van der Waals surface area (Å²) in [6.45, 7) is 3.53. The highest BCUT2D eigenvalue weighted by Gasteiger charge is 2.41. The Labute approximate surface area is 108 Å². The number of esters is 1. The lowest BCUT2D eigenvalue weighted by molar-refractivity contribution is -0.153. The van der Waals surface area contributed by atoms with E-state index in [-0.39, 0.29) is 25.9 Å². The monoisotopic (exact) mass is 247 g/mol. The first-order valence-electron chi connectivity index (χ1n) is 5.91. The largest absolute Gasteiger partial charge is 0.465 e. The number of carbonyl (C=O) groups excluding carboxylic acids is 1. The van der Waals surface area contributed by atoms with Gasteiger partial charge in [0.25, 0.3) is 0 Å². The van der Waals surface area contributed by atoms with Gasteiger partial charge in [0.15, 0.2) is 5.41 Å². The molecule has 0 aliphatic carbocycles. The Morgan fingerprint density at radius 2 is 2.06 bits per heavy atom. The Morgan fingerprint density at radius 3 is 2.50 bits per heavy atom. The van der Waals surface area contributed by atoms with Crippen LogP contribution in [0.1, 0.15) is 39.5 Å². The number of carbonyl (C=O) groups is 1. The number of unbranched alkanes of at least 4 members (excludes halogenated alkanes) is 1. The zero-order valence-corrected chi connectivity index (χ0v) is 10.8. The Kier molecular flexibility index (Phi) is 7.17. The third-order valence-electron chi connectivity index (χ3n) is 2.65. The van der Waals surface area contributed by atoms with Crippen LogP contribution in [0.5, 0.6) is 0 Å². The van der Waals surface area contributed by atoms with Gasteiger partial charge in [-0.3, -0.25) is 4.79 Å². The summed E-state index contributed by atoms with van der Waals surface area (Å²) in [6, 6.07) is 5.98. The van der Waals surface area contributed by atoms with Gasteiger partial charge in [-0.25, -0.2) is 0 Å². The molecule has 2 unspecified atom stereocenters. The summed E-state index contributed by atoms with van der Waals surface area (Å²) in [4.78, 5) is 11.9. The van der Waals surface area contributed by atoms with E-state index in [0.717, 1.165) is 0 Å². The molecule has 0 heterocycles. The van der Waals surface area contributed by atoms with Crippen LogP contribution >= 0.6 is 0 Å². The summed E-state index contributed by atoms with van der Waals surface area (Å²) in [5, 5.41) is 26.6. The quantitative estimate of drug-likeness (QED) is 0.507. The zero-order valence-electron chi connectivity index (χ0n) is 10.8. The van der Waals surface area contributed by atoms with Crippen molar-refractivity contribution in [2.24, 2.45) is 11.3 Å². The molecular formula is C13H17N3O2. The molecule has 0 amide bonds. The molecule has 96 valence electrons. The third-order valence-corrected chi connectivity index (χ3v) is 2.65. The van der Waals surface area contributed by atoms with E-state index in [9.17, 15) is 10.1 Å². The van der Waals surface area contributed by atoms with Crippen molar-refractivity contribution in [1.29, 1.82) is 15.8 Å². The van der Waals surface area contributed by atoms with Crippen LogP contribution in [-0.4, -0.2) is 12.6 Å². The number of hydrogen-bond acceptors (Lipinski definition) is 5. The number of rotatable bonds is 7. The van der Waals surface area contributed by atoms with Crippen LogP contribution < -0.4 is 0 Å². The van der Waals surface area contributed by atoms with Crippen LogP contribution in [0.2, 0.25) is 0 Å². The van der Waals surface area contributed by atoms with E-state index >= 15 is 0 Å². The van der Waals surface area contributed by atoms with E-state index in [1.54, 1.807) is 13.8 Å². The molecule has 0 rings (SSSR count). The third kappa shape index (κ3) is 4.44. The summed E-state index contributed by atoms with van der Waals surface area (Å²) in [7, 11) is 0. The SMILES string of the molecule is CCOC(=O)C(C#N)(CCCC#N)CC(C)C#N. The first-order valence-corrected chi connectivity index (χ1v) is 5.91. The molecule has 5 heteroatoms. The topological polar surface area (TPSA) is 97.7 Å². The van der Waals surface area contributed by atoms with Crippen LogP contribution in [0.4, 0.5) is 0 Å². The molecule has 0 aliphatic rings. The smallest absolute Gasteiger partial charge is 0.326 e. The fraction of sp³-hybridized carbons (Fsp3) is 0.692. The standard InChI is InChI=1S/C13H17N3O2/c1-3-18-12(17)13(10-16,6-4-5-7-14)8-11(2)9-15/h11H,3-6,8H2,1-2H3. The van der Waals surface area contributed by atoms with Crippen LogP contribution in [0, 0.1) is 45.3 Å². The highest BCUT2D eigenvalue weighted by molar-refractivity contribution is 5.80. The van der Waals surface area contributed by atoms with Gasteiger partial charge in [-0.05, 0) is 33.1 Å². The Balaban J connectivity index is 4.97. The number of nitriles is 3. The average molecular weight is 247 g/mol. The van der Waals surface area contributed by atoms with Gasteiger partial charge in [-0.2, -0.15) is 15.8 Å². The summed E-state index contributed by atoms with van der Waals surface area (Å²) in [6.07, 6.45) is 1.12. The molecule has 0 fully saturated rings. The minimum atomic E-state index is -1.30. The first-order chi connectivity index (χ1) is 8.56. The molecule has 0 spiro atoms. The highest BCUT2D eigenvalue weighted by Crippen LogP contribution is 2.33. The lowest BCUT2D eigenvalue weighted by atomic mass is 9.77. The van der Waals surface area contributed by atoms with Gasteiger partial charge in [0.05, 0.1) is 24.8 Å². The lowest BCUT2D eigenvalue weighted by Crippen LogP contribution is -2.33. The van der Waals surface area contributed by atoms with Crippen LogP contribution in [0.15, 0.2) is 0 Å². The maximum atomic E-state index is 11.9.